The number of nitrogens with one attached hydrogen (secondary N) is 1. The lowest BCUT2D eigenvalue weighted by Crippen LogP contribution is -2.46. The Labute approximate surface area is 118 Å². The van der Waals surface area contributed by atoms with Crippen molar-refractivity contribution in [1.82, 2.24) is 5.32 Å². The van der Waals surface area contributed by atoms with Gasteiger partial charge in [0.1, 0.15) is 0 Å². The number of hydrogen-bond donors (Lipinski definition) is 1. The monoisotopic (exact) mass is 260 g/mol. The van der Waals surface area contributed by atoms with E-state index in [1.54, 1.807) is 0 Å². The molecule has 0 radical (unpaired) electrons. The van der Waals surface area contributed by atoms with Gasteiger partial charge in [-0.3, -0.25) is 0 Å². The quantitative estimate of drug-likeness (QED) is 0.876. The summed E-state index contributed by atoms with van der Waals surface area (Å²) in [5.74, 6) is 0. The van der Waals surface area contributed by atoms with Crippen molar-refractivity contribution in [3.63, 3.8) is 0 Å². The summed E-state index contributed by atoms with van der Waals surface area (Å²) in [6.45, 7) is 12.6. The SMILES string of the molecule is CCc1ccc(N2CCCNC(C(C)(C)C)C2)cc1. The van der Waals surface area contributed by atoms with E-state index in [1.165, 1.54) is 17.7 Å². The normalized spacial score (nSPS) is 21.3. The maximum atomic E-state index is 3.70. The molecule has 1 aromatic carbocycles. The summed E-state index contributed by atoms with van der Waals surface area (Å²) in [7, 11) is 0. The Bertz CT molecular complexity index is 389. The Balaban J connectivity index is 2.13. The zero-order chi connectivity index (χ0) is 13.9. The fourth-order valence-electron chi connectivity index (χ4n) is 2.68. The first kappa shape index (κ1) is 14.4. The summed E-state index contributed by atoms with van der Waals surface area (Å²) >= 11 is 0. The topological polar surface area (TPSA) is 15.3 Å². The van der Waals surface area contributed by atoms with Gasteiger partial charge in [0.15, 0.2) is 0 Å². The van der Waals surface area contributed by atoms with Gasteiger partial charge in [-0.15, -0.1) is 0 Å². The molecular formula is C17H28N2. The van der Waals surface area contributed by atoms with Gasteiger partial charge in [0, 0.05) is 24.8 Å². The van der Waals surface area contributed by atoms with E-state index in [4.69, 9.17) is 0 Å². The van der Waals surface area contributed by atoms with Crippen LogP contribution in [-0.2, 0) is 6.42 Å². The third-order valence-corrected chi connectivity index (χ3v) is 4.15. The van der Waals surface area contributed by atoms with Crippen molar-refractivity contribution in [2.45, 2.75) is 46.6 Å². The molecule has 106 valence electrons. The molecule has 0 amide bonds. The molecule has 0 saturated carbocycles. The Morgan fingerprint density at radius 3 is 2.47 bits per heavy atom. The summed E-state index contributed by atoms with van der Waals surface area (Å²) in [6, 6.07) is 9.65. The fourth-order valence-corrected chi connectivity index (χ4v) is 2.68. The van der Waals surface area contributed by atoms with Crippen LogP contribution in [0.15, 0.2) is 24.3 Å². The van der Waals surface area contributed by atoms with Crippen LogP contribution in [0, 0.1) is 5.41 Å². The van der Waals surface area contributed by atoms with E-state index in [9.17, 15) is 0 Å². The number of rotatable bonds is 2. The van der Waals surface area contributed by atoms with E-state index >= 15 is 0 Å². The van der Waals surface area contributed by atoms with E-state index in [0.717, 1.165) is 26.1 Å². The van der Waals surface area contributed by atoms with Crippen LogP contribution in [0.2, 0.25) is 0 Å². The molecule has 1 N–H and O–H groups in total. The molecule has 0 bridgehead atoms. The third kappa shape index (κ3) is 3.73. The largest absolute Gasteiger partial charge is 0.370 e. The Morgan fingerprint density at radius 2 is 1.89 bits per heavy atom. The van der Waals surface area contributed by atoms with Crippen molar-refractivity contribution >= 4 is 5.69 Å². The minimum absolute atomic E-state index is 0.311. The van der Waals surface area contributed by atoms with E-state index in [-0.39, 0.29) is 0 Å². The average molecular weight is 260 g/mol. The second-order valence-corrected chi connectivity index (χ2v) is 6.69. The minimum Gasteiger partial charge on any atom is -0.370 e. The van der Waals surface area contributed by atoms with Crippen LogP contribution in [0.4, 0.5) is 5.69 Å². The van der Waals surface area contributed by atoms with Gasteiger partial charge in [-0.2, -0.15) is 0 Å². The van der Waals surface area contributed by atoms with Crippen LogP contribution >= 0.6 is 0 Å². The van der Waals surface area contributed by atoms with Gasteiger partial charge in [0.05, 0.1) is 0 Å². The Morgan fingerprint density at radius 1 is 1.21 bits per heavy atom. The van der Waals surface area contributed by atoms with Crippen molar-refractivity contribution in [1.29, 1.82) is 0 Å². The molecule has 1 aliphatic rings. The molecule has 0 aromatic heterocycles. The second kappa shape index (κ2) is 5.96. The fraction of sp³-hybridized carbons (Fsp3) is 0.647. The van der Waals surface area contributed by atoms with E-state index in [2.05, 4.69) is 62.2 Å². The first-order chi connectivity index (χ1) is 9.00. The van der Waals surface area contributed by atoms with Crippen LogP contribution < -0.4 is 10.2 Å². The van der Waals surface area contributed by atoms with Crippen molar-refractivity contribution in [3.05, 3.63) is 29.8 Å². The minimum atomic E-state index is 0.311. The number of benzene rings is 1. The molecule has 1 aliphatic heterocycles. The Hall–Kier alpha value is -1.02. The summed E-state index contributed by atoms with van der Waals surface area (Å²) < 4.78 is 0. The molecule has 1 atom stereocenters. The van der Waals surface area contributed by atoms with Gasteiger partial charge in [-0.05, 0) is 42.5 Å². The van der Waals surface area contributed by atoms with Gasteiger partial charge >= 0.3 is 0 Å². The maximum Gasteiger partial charge on any atom is 0.0366 e. The lowest BCUT2D eigenvalue weighted by Gasteiger charge is -2.34. The smallest absolute Gasteiger partial charge is 0.0366 e. The van der Waals surface area contributed by atoms with E-state index < -0.39 is 0 Å². The van der Waals surface area contributed by atoms with Crippen LogP contribution in [-0.4, -0.2) is 25.7 Å². The first-order valence-electron chi connectivity index (χ1n) is 7.58. The van der Waals surface area contributed by atoms with Gasteiger partial charge in [-0.1, -0.05) is 39.8 Å². The first-order valence-corrected chi connectivity index (χ1v) is 7.58. The standard InChI is InChI=1S/C17H28N2/c1-5-14-7-9-15(10-8-14)19-12-6-11-18-16(13-19)17(2,3)4/h7-10,16,18H,5-6,11-13H2,1-4H3. The lowest BCUT2D eigenvalue weighted by molar-refractivity contribution is 0.280. The molecule has 1 heterocycles. The summed E-state index contributed by atoms with van der Waals surface area (Å²) in [5.41, 5.74) is 3.10. The van der Waals surface area contributed by atoms with Crippen molar-refractivity contribution in [2.24, 2.45) is 5.41 Å². The molecule has 1 fully saturated rings. The molecular weight excluding hydrogens is 232 g/mol. The molecule has 0 spiro atoms. The third-order valence-electron chi connectivity index (χ3n) is 4.15. The van der Waals surface area contributed by atoms with Crippen LogP contribution in [0.25, 0.3) is 0 Å². The van der Waals surface area contributed by atoms with Gasteiger partial charge in [-0.25, -0.2) is 0 Å². The maximum absolute atomic E-state index is 3.70. The van der Waals surface area contributed by atoms with Crippen molar-refractivity contribution in [3.8, 4) is 0 Å². The molecule has 2 heteroatoms. The van der Waals surface area contributed by atoms with Gasteiger partial charge < -0.3 is 10.2 Å². The van der Waals surface area contributed by atoms with E-state index in [0.29, 0.717) is 11.5 Å². The molecule has 1 aromatic rings. The zero-order valence-corrected chi connectivity index (χ0v) is 12.9. The highest BCUT2D eigenvalue weighted by atomic mass is 15.2. The average Bonchev–Trinajstić information content (AvgIpc) is 2.64. The predicted octanol–water partition coefficient (Wildman–Crippen LogP) is 3.46. The van der Waals surface area contributed by atoms with Crippen LogP contribution in [0.1, 0.15) is 39.7 Å². The summed E-state index contributed by atoms with van der Waals surface area (Å²) in [5, 5.41) is 3.70. The van der Waals surface area contributed by atoms with Crippen LogP contribution in [0.3, 0.4) is 0 Å². The number of hydrogen-bond acceptors (Lipinski definition) is 2. The highest BCUT2D eigenvalue weighted by Gasteiger charge is 2.28. The van der Waals surface area contributed by atoms with Crippen LogP contribution in [0.5, 0.6) is 0 Å². The summed E-state index contributed by atoms with van der Waals surface area (Å²) in [4.78, 5) is 2.54. The number of aryl methyl sites for hydroxylation is 1. The van der Waals surface area contributed by atoms with Crippen molar-refractivity contribution in [2.75, 3.05) is 24.5 Å². The van der Waals surface area contributed by atoms with Crippen molar-refractivity contribution < 1.29 is 0 Å². The molecule has 2 rings (SSSR count). The summed E-state index contributed by atoms with van der Waals surface area (Å²) in [6.07, 6.45) is 2.34. The highest BCUT2D eigenvalue weighted by molar-refractivity contribution is 5.48. The lowest BCUT2D eigenvalue weighted by atomic mass is 9.86. The molecule has 1 unspecified atom stereocenters. The number of nitrogens with zero attached hydrogens (tertiary/aromatic N) is 1. The predicted molar refractivity (Wildman–Crippen MR) is 83.9 cm³/mol. The number of anilines is 1. The molecule has 0 aliphatic carbocycles. The van der Waals surface area contributed by atoms with Gasteiger partial charge in [0.25, 0.3) is 0 Å². The molecule has 1 saturated heterocycles. The molecule has 19 heavy (non-hydrogen) atoms. The Kier molecular flexibility index (Phi) is 4.51. The van der Waals surface area contributed by atoms with E-state index in [1.807, 2.05) is 0 Å². The zero-order valence-electron chi connectivity index (χ0n) is 12.9. The highest BCUT2D eigenvalue weighted by Crippen LogP contribution is 2.25. The van der Waals surface area contributed by atoms with Gasteiger partial charge in [0.2, 0.25) is 0 Å². The molecule has 2 nitrogen and oxygen atoms in total. The second-order valence-electron chi connectivity index (χ2n) is 6.69.